The first-order valence-electron chi connectivity index (χ1n) is 20.7. The van der Waals surface area contributed by atoms with Gasteiger partial charge in [0.05, 0.1) is 29.4 Å². The number of nitrogens with zero attached hydrogens (tertiary/aromatic N) is 4. The Hall–Kier alpha value is -4.24. The predicted molar refractivity (Wildman–Crippen MR) is 214 cm³/mol. The number of unbranched alkanes of at least 4 members (excludes halogenated alkanes) is 3. The van der Waals surface area contributed by atoms with Crippen molar-refractivity contribution in [1.29, 1.82) is 0 Å². The molecule has 6 rings (SSSR count). The summed E-state index contributed by atoms with van der Waals surface area (Å²) in [4.78, 5) is 60.1. The van der Waals surface area contributed by atoms with E-state index in [1.165, 1.54) is 11.0 Å². The first kappa shape index (κ1) is 43.3. The van der Waals surface area contributed by atoms with Crippen molar-refractivity contribution in [3.63, 3.8) is 0 Å². The number of nitrogens with one attached hydrogen (secondary N) is 1. The van der Waals surface area contributed by atoms with E-state index < -0.39 is 35.5 Å². The molecule has 318 valence electrons. The van der Waals surface area contributed by atoms with Crippen LogP contribution in [0.4, 0.5) is 34.1 Å². The van der Waals surface area contributed by atoms with Gasteiger partial charge in [-0.25, -0.2) is 9.59 Å². The molecule has 4 aliphatic heterocycles. The number of halogens is 4. The number of nitrogens with two attached hydrogens (primary N) is 1. The highest BCUT2D eigenvalue weighted by atomic mass is 35.5. The summed E-state index contributed by atoms with van der Waals surface area (Å²) in [5, 5.41) is 2.62. The Morgan fingerprint density at radius 1 is 0.914 bits per heavy atom. The molecule has 12 nitrogen and oxygen atoms in total. The SMILES string of the molecule is CCCCCCOC(=O)CN1CCC(C2CCN(C(=O)[C@@H](Cc3cc(Cl)c(N)c(C(F)(F)F)c3)OC(=O)N3CCC(N4Cc5ccccc5NC4=O)CC3)CC2)CC1. The molecule has 4 aliphatic rings. The number of nitrogen functional groups attached to an aromatic ring is 1. The fraction of sp³-hybridized carbons (Fsp3) is 0.619. The number of carbonyl (C=O) groups is 4. The van der Waals surface area contributed by atoms with Crippen molar-refractivity contribution in [2.24, 2.45) is 11.8 Å². The van der Waals surface area contributed by atoms with Gasteiger partial charge < -0.3 is 35.2 Å². The zero-order valence-corrected chi connectivity index (χ0v) is 34.0. The van der Waals surface area contributed by atoms with Crippen LogP contribution in [0.1, 0.15) is 87.8 Å². The first-order chi connectivity index (χ1) is 27.8. The number of ether oxygens (including phenoxy) is 2. The number of urea groups is 1. The molecule has 16 heteroatoms. The number of alkyl halides is 3. The van der Waals surface area contributed by atoms with Gasteiger partial charge in [-0.1, -0.05) is 56.0 Å². The zero-order chi connectivity index (χ0) is 41.4. The number of fused-ring (bicyclic) bond motifs is 1. The van der Waals surface area contributed by atoms with Crippen LogP contribution in [-0.2, 0) is 38.2 Å². The van der Waals surface area contributed by atoms with Crippen LogP contribution in [-0.4, -0.2) is 108 Å². The standard InChI is InChI=1S/C42H56ClF3N6O6/c1-2-3-4-7-22-57-37(53)27-49-16-10-29(11-17-49)30-12-18-50(19-13-30)39(54)36(25-28-23-33(42(44,45)46)38(47)34(43)24-28)58-41(56)51-20-14-32(15-21-51)52-26-31-8-5-6-9-35(31)48-40(52)55/h5-6,8-9,23-24,29-30,32,36H,2-4,7,10-22,25-27,47H2,1H3,(H,48,55)/t36-/m1/s1. The average molecular weight is 833 g/mol. The third-order valence-corrected chi connectivity index (χ3v) is 12.5. The van der Waals surface area contributed by atoms with Crippen molar-refractivity contribution in [3.05, 3.63) is 58.1 Å². The minimum Gasteiger partial charge on any atom is -0.465 e. The molecule has 2 aromatic rings. The smallest absolute Gasteiger partial charge is 0.418 e. The van der Waals surface area contributed by atoms with Gasteiger partial charge in [0, 0.05) is 50.9 Å². The van der Waals surface area contributed by atoms with Crippen LogP contribution in [0.2, 0.25) is 5.02 Å². The van der Waals surface area contributed by atoms with Crippen LogP contribution in [0.5, 0.6) is 0 Å². The summed E-state index contributed by atoms with van der Waals surface area (Å²) in [5.74, 6) is 0.156. The molecule has 4 heterocycles. The molecule has 0 aliphatic carbocycles. The predicted octanol–water partition coefficient (Wildman–Crippen LogP) is 7.57. The molecule has 0 saturated carbocycles. The molecule has 0 aromatic heterocycles. The Morgan fingerprint density at radius 2 is 1.57 bits per heavy atom. The molecule has 2 aromatic carbocycles. The fourth-order valence-corrected chi connectivity index (χ4v) is 9.06. The number of hydrogen-bond donors (Lipinski definition) is 2. The maximum Gasteiger partial charge on any atom is 0.418 e. The van der Waals surface area contributed by atoms with E-state index in [2.05, 4.69) is 17.1 Å². The number of para-hydroxylation sites is 1. The lowest BCUT2D eigenvalue weighted by Gasteiger charge is -2.41. The Balaban J connectivity index is 1.05. The second kappa shape index (κ2) is 19.7. The number of likely N-dealkylation sites (tertiary alicyclic amines) is 3. The zero-order valence-electron chi connectivity index (χ0n) is 33.2. The van der Waals surface area contributed by atoms with Gasteiger partial charge in [0.15, 0.2) is 6.10 Å². The number of anilines is 2. The van der Waals surface area contributed by atoms with E-state index in [1.54, 1.807) is 9.80 Å². The van der Waals surface area contributed by atoms with Crippen LogP contribution in [0.15, 0.2) is 36.4 Å². The van der Waals surface area contributed by atoms with Crippen LogP contribution < -0.4 is 11.1 Å². The van der Waals surface area contributed by atoms with E-state index in [4.69, 9.17) is 26.8 Å². The lowest BCUT2D eigenvalue weighted by molar-refractivity contribution is -0.145. The van der Waals surface area contributed by atoms with Crippen molar-refractivity contribution in [2.45, 2.75) is 102 Å². The minimum atomic E-state index is -4.78. The number of hydrogen-bond acceptors (Lipinski definition) is 8. The highest BCUT2D eigenvalue weighted by Crippen LogP contribution is 2.39. The third-order valence-electron chi connectivity index (χ3n) is 12.2. The Labute approximate surface area is 343 Å². The number of benzene rings is 2. The first-order valence-corrected chi connectivity index (χ1v) is 21.1. The number of carbonyl (C=O) groups excluding carboxylic acids is 4. The maximum absolute atomic E-state index is 14.2. The van der Waals surface area contributed by atoms with Crippen molar-refractivity contribution in [2.75, 3.05) is 63.5 Å². The van der Waals surface area contributed by atoms with Gasteiger partial charge in [-0.2, -0.15) is 13.2 Å². The molecule has 1 atom stereocenters. The normalized spacial score (nSPS) is 19.4. The molecular weight excluding hydrogens is 777 g/mol. The quantitative estimate of drug-likeness (QED) is 0.120. The molecule has 58 heavy (non-hydrogen) atoms. The van der Waals surface area contributed by atoms with Crippen LogP contribution in [0, 0.1) is 11.8 Å². The molecule has 3 N–H and O–H groups in total. The largest absolute Gasteiger partial charge is 0.465 e. The van der Waals surface area contributed by atoms with E-state index in [1.807, 2.05) is 24.3 Å². The highest BCUT2D eigenvalue weighted by molar-refractivity contribution is 6.33. The van der Waals surface area contributed by atoms with Gasteiger partial charge in [-0.3, -0.25) is 14.5 Å². The van der Waals surface area contributed by atoms with Gasteiger partial charge in [0.1, 0.15) is 0 Å². The highest BCUT2D eigenvalue weighted by Gasteiger charge is 2.39. The van der Waals surface area contributed by atoms with Gasteiger partial charge in [0.2, 0.25) is 0 Å². The van der Waals surface area contributed by atoms with Crippen molar-refractivity contribution in [3.8, 4) is 0 Å². The number of esters is 1. The second-order valence-electron chi connectivity index (χ2n) is 16.1. The molecular formula is C42H56ClF3N6O6. The van der Waals surface area contributed by atoms with E-state index in [0.717, 1.165) is 81.8 Å². The molecule has 3 fully saturated rings. The third kappa shape index (κ3) is 11.1. The Morgan fingerprint density at radius 3 is 2.24 bits per heavy atom. The van der Waals surface area contributed by atoms with E-state index >= 15 is 0 Å². The van der Waals surface area contributed by atoms with Crippen LogP contribution in [0.3, 0.4) is 0 Å². The Kier molecular flexibility index (Phi) is 14.7. The maximum atomic E-state index is 14.2. The van der Waals surface area contributed by atoms with E-state index in [0.29, 0.717) is 57.5 Å². The lowest BCUT2D eigenvalue weighted by atomic mass is 9.78. The molecule has 3 saturated heterocycles. The van der Waals surface area contributed by atoms with Gasteiger partial charge in [-0.15, -0.1) is 0 Å². The Bertz CT molecular complexity index is 1760. The number of amides is 4. The fourth-order valence-electron chi connectivity index (χ4n) is 8.81. The lowest BCUT2D eigenvalue weighted by Crippen LogP contribution is -2.52. The van der Waals surface area contributed by atoms with Gasteiger partial charge in [-0.05, 0) is 99.2 Å². The summed E-state index contributed by atoms with van der Waals surface area (Å²) < 4.78 is 53.0. The van der Waals surface area contributed by atoms with E-state index in [-0.39, 0.29) is 48.1 Å². The summed E-state index contributed by atoms with van der Waals surface area (Å²) in [7, 11) is 0. The summed E-state index contributed by atoms with van der Waals surface area (Å²) in [5.41, 5.74) is 5.79. The van der Waals surface area contributed by atoms with Gasteiger partial charge in [0.25, 0.3) is 5.91 Å². The summed E-state index contributed by atoms with van der Waals surface area (Å²) in [6, 6.07) is 9.40. The summed E-state index contributed by atoms with van der Waals surface area (Å²) >= 11 is 6.14. The van der Waals surface area contributed by atoms with Crippen molar-refractivity contribution in [1.82, 2.24) is 19.6 Å². The molecule has 0 bridgehead atoms. The summed E-state index contributed by atoms with van der Waals surface area (Å²) in [6.07, 6.45) is 1.29. The number of piperidine rings is 3. The summed E-state index contributed by atoms with van der Waals surface area (Å²) in [6.45, 7) is 6.32. The van der Waals surface area contributed by atoms with E-state index in [9.17, 15) is 32.3 Å². The van der Waals surface area contributed by atoms with Crippen molar-refractivity contribution < 1.29 is 41.8 Å². The second-order valence-corrected chi connectivity index (χ2v) is 16.5. The molecule has 0 radical (unpaired) electrons. The number of rotatable bonds is 13. The molecule has 0 unspecified atom stereocenters. The average Bonchev–Trinajstić information content (AvgIpc) is 3.21. The van der Waals surface area contributed by atoms with Crippen LogP contribution >= 0.6 is 11.6 Å². The monoisotopic (exact) mass is 832 g/mol. The van der Waals surface area contributed by atoms with Crippen molar-refractivity contribution >= 4 is 47.0 Å². The molecule has 0 spiro atoms. The van der Waals surface area contributed by atoms with Crippen LogP contribution in [0.25, 0.3) is 0 Å². The minimum absolute atomic E-state index is 0.0646. The molecule has 4 amide bonds. The topological polar surface area (TPSA) is 138 Å². The van der Waals surface area contributed by atoms with Gasteiger partial charge >= 0.3 is 24.3 Å².